The zero-order valence-electron chi connectivity index (χ0n) is 11.0. The van der Waals surface area contributed by atoms with Crippen LogP contribution in [0.2, 0.25) is 0 Å². The summed E-state index contributed by atoms with van der Waals surface area (Å²) in [5, 5.41) is 3.85. The van der Waals surface area contributed by atoms with Gasteiger partial charge in [0.15, 0.2) is 5.76 Å². The zero-order valence-corrected chi connectivity index (χ0v) is 11.0. The number of carbonyl (C=O) groups excluding carboxylic acids is 1. The molecule has 2 aromatic rings. The van der Waals surface area contributed by atoms with E-state index in [4.69, 9.17) is 4.42 Å². The molecule has 0 aliphatic carbocycles. The highest BCUT2D eigenvalue weighted by molar-refractivity contribution is 6.02. The third-order valence-corrected chi connectivity index (χ3v) is 2.56. The highest BCUT2D eigenvalue weighted by Crippen LogP contribution is 2.20. The molecule has 110 valence electrons. The van der Waals surface area contributed by atoms with Crippen LogP contribution in [0.4, 0.5) is 8.78 Å². The molecule has 0 aliphatic heterocycles. The number of hydrogen-bond acceptors (Lipinski definition) is 4. The van der Waals surface area contributed by atoms with Gasteiger partial charge in [-0.05, 0) is 31.2 Å². The van der Waals surface area contributed by atoms with Crippen LogP contribution in [0.25, 0.3) is 0 Å². The topological polar surface area (TPSA) is 63.8 Å². The second-order valence-corrected chi connectivity index (χ2v) is 3.99. The first-order chi connectivity index (χ1) is 10.1. The molecule has 1 aromatic heterocycles. The fraction of sp³-hybridized carbons (Fsp3) is 0.143. The molecule has 0 bridgehead atoms. The summed E-state index contributed by atoms with van der Waals surface area (Å²) in [4.78, 5) is 11.6. The normalized spacial score (nSPS) is 11.5. The monoisotopic (exact) mass is 294 g/mol. The minimum Gasteiger partial charge on any atom is -0.459 e. The maximum absolute atomic E-state index is 12.3. The zero-order chi connectivity index (χ0) is 15.2. The molecule has 21 heavy (non-hydrogen) atoms. The van der Waals surface area contributed by atoms with E-state index >= 15 is 0 Å². The van der Waals surface area contributed by atoms with Crippen LogP contribution in [0, 0.1) is 0 Å². The molecule has 0 fully saturated rings. The highest BCUT2D eigenvalue weighted by Gasteiger charge is 2.12. The average molecular weight is 294 g/mol. The van der Waals surface area contributed by atoms with Crippen LogP contribution < -0.4 is 10.2 Å². The molecule has 2 rings (SSSR count). The Bertz CT molecular complexity index is 639. The molecule has 0 saturated carbocycles. The second kappa shape index (κ2) is 6.65. The second-order valence-electron chi connectivity index (χ2n) is 3.99. The molecular weight excluding hydrogens is 282 g/mol. The molecule has 7 heteroatoms. The molecule has 1 aromatic carbocycles. The first-order valence-electron chi connectivity index (χ1n) is 6.00. The summed E-state index contributed by atoms with van der Waals surface area (Å²) in [5.41, 5.74) is 2.96. The minimum atomic E-state index is -2.93. The Morgan fingerprint density at radius 3 is 2.71 bits per heavy atom. The maximum atomic E-state index is 12.3. The number of carbonyl (C=O) groups is 1. The lowest BCUT2D eigenvalue weighted by Gasteiger charge is -2.10. The molecule has 0 aliphatic rings. The van der Waals surface area contributed by atoms with Crippen molar-refractivity contribution in [2.75, 3.05) is 0 Å². The lowest BCUT2D eigenvalue weighted by molar-refractivity contribution is -0.0499. The molecular formula is C14H12F2N2O3. The van der Waals surface area contributed by atoms with Gasteiger partial charge in [-0.1, -0.05) is 12.1 Å². The Kier molecular flexibility index (Phi) is 4.65. The first-order valence-corrected chi connectivity index (χ1v) is 6.00. The molecule has 5 nitrogen and oxygen atoms in total. The largest absolute Gasteiger partial charge is 0.459 e. The van der Waals surface area contributed by atoms with Crippen LogP contribution in [0.3, 0.4) is 0 Å². The van der Waals surface area contributed by atoms with Crippen LogP contribution in [0.1, 0.15) is 23.0 Å². The lowest BCUT2D eigenvalue weighted by atomic mass is 10.1. The minimum absolute atomic E-state index is 0.0130. The Labute approximate surface area is 119 Å². The number of furan rings is 1. The van der Waals surface area contributed by atoms with Crippen LogP contribution in [0.5, 0.6) is 5.75 Å². The standard InChI is InChI=1S/C14H12F2N2O3/c1-9(17-18-13(19)12-7-4-8-20-12)10-5-2-3-6-11(10)21-14(15)16/h2-8,14H,1H3,(H,18,19)/b17-9-. The van der Waals surface area contributed by atoms with Crippen LogP contribution in [0.15, 0.2) is 52.2 Å². The summed E-state index contributed by atoms with van der Waals surface area (Å²) >= 11 is 0. The van der Waals surface area contributed by atoms with E-state index < -0.39 is 12.5 Å². The fourth-order valence-electron chi connectivity index (χ4n) is 1.62. The lowest BCUT2D eigenvalue weighted by Crippen LogP contribution is -2.19. The van der Waals surface area contributed by atoms with Gasteiger partial charge in [0.2, 0.25) is 0 Å². The number of alkyl halides is 2. The molecule has 1 N–H and O–H groups in total. The van der Waals surface area contributed by atoms with E-state index in [9.17, 15) is 13.6 Å². The van der Waals surface area contributed by atoms with Crippen molar-refractivity contribution in [2.24, 2.45) is 5.10 Å². The molecule has 1 heterocycles. The molecule has 0 radical (unpaired) electrons. The first kappa shape index (κ1) is 14.7. The van der Waals surface area contributed by atoms with Gasteiger partial charge < -0.3 is 9.15 Å². The number of nitrogens with zero attached hydrogens (tertiary/aromatic N) is 1. The Hall–Kier alpha value is -2.70. The predicted molar refractivity (Wildman–Crippen MR) is 71.5 cm³/mol. The summed E-state index contributed by atoms with van der Waals surface area (Å²) in [6.45, 7) is -1.37. The Morgan fingerprint density at radius 2 is 2.05 bits per heavy atom. The number of benzene rings is 1. The van der Waals surface area contributed by atoms with Gasteiger partial charge in [-0.15, -0.1) is 0 Å². The highest BCUT2D eigenvalue weighted by atomic mass is 19.3. The third-order valence-electron chi connectivity index (χ3n) is 2.56. The number of nitrogens with one attached hydrogen (secondary N) is 1. The van der Waals surface area contributed by atoms with Crippen molar-refractivity contribution in [1.82, 2.24) is 5.43 Å². The number of amides is 1. The number of halogens is 2. The van der Waals surface area contributed by atoms with Crippen molar-refractivity contribution in [2.45, 2.75) is 13.5 Å². The van der Waals surface area contributed by atoms with Crippen LogP contribution in [-0.4, -0.2) is 18.2 Å². The number of para-hydroxylation sites is 1. The van der Waals surface area contributed by atoms with Crippen LogP contribution in [-0.2, 0) is 0 Å². The SMILES string of the molecule is C/C(=N/NC(=O)c1ccco1)c1ccccc1OC(F)F. The van der Waals surface area contributed by atoms with E-state index in [1.165, 1.54) is 18.4 Å². The van der Waals surface area contributed by atoms with Crippen molar-refractivity contribution in [3.63, 3.8) is 0 Å². The van der Waals surface area contributed by atoms with Crippen molar-refractivity contribution >= 4 is 11.6 Å². The van der Waals surface area contributed by atoms with Gasteiger partial charge in [-0.2, -0.15) is 13.9 Å². The Balaban J connectivity index is 2.14. The third kappa shape index (κ3) is 3.88. The summed E-state index contributed by atoms with van der Waals surface area (Å²) in [6, 6.07) is 9.23. The summed E-state index contributed by atoms with van der Waals surface area (Å²) in [5.74, 6) is -0.448. The number of ether oxygens (including phenoxy) is 1. The molecule has 0 saturated heterocycles. The van der Waals surface area contributed by atoms with Gasteiger partial charge >= 0.3 is 12.5 Å². The summed E-state index contributed by atoms with van der Waals surface area (Å²) < 4.78 is 33.9. The van der Waals surface area contributed by atoms with Gasteiger partial charge in [0.25, 0.3) is 0 Å². The van der Waals surface area contributed by atoms with E-state index in [0.29, 0.717) is 11.3 Å². The van der Waals surface area contributed by atoms with E-state index in [2.05, 4.69) is 15.3 Å². The maximum Gasteiger partial charge on any atom is 0.387 e. The summed E-state index contributed by atoms with van der Waals surface area (Å²) in [7, 11) is 0. The molecule has 0 unspecified atom stereocenters. The van der Waals surface area contributed by atoms with Crippen molar-refractivity contribution in [3.05, 3.63) is 54.0 Å². The van der Waals surface area contributed by atoms with Crippen molar-refractivity contribution in [3.8, 4) is 5.75 Å². The van der Waals surface area contributed by atoms with E-state index in [1.54, 1.807) is 31.2 Å². The van der Waals surface area contributed by atoms with Gasteiger partial charge in [0, 0.05) is 5.56 Å². The van der Waals surface area contributed by atoms with Crippen molar-refractivity contribution < 1.29 is 22.7 Å². The van der Waals surface area contributed by atoms with Gasteiger partial charge in [-0.25, -0.2) is 5.43 Å². The number of rotatable bonds is 5. The van der Waals surface area contributed by atoms with E-state index in [1.807, 2.05) is 0 Å². The smallest absolute Gasteiger partial charge is 0.387 e. The van der Waals surface area contributed by atoms with E-state index in [-0.39, 0.29) is 11.5 Å². The number of hydrogen-bond donors (Lipinski definition) is 1. The average Bonchev–Trinajstić information content (AvgIpc) is 2.98. The summed E-state index contributed by atoms with van der Waals surface area (Å²) in [6.07, 6.45) is 1.36. The molecule has 0 atom stereocenters. The quantitative estimate of drug-likeness (QED) is 0.681. The van der Waals surface area contributed by atoms with Crippen molar-refractivity contribution in [1.29, 1.82) is 0 Å². The van der Waals surface area contributed by atoms with E-state index in [0.717, 1.165) is 0 Å². The number of hydrazone groups is 1. The van der Waals surface area contributed by atoms with Gasteiger partial charge in [0.05, 0.1) is 12.0 Å². The van der Waals surface area contributed by atoms with Crippen LogP contribution >= 0.6 is 0 Å². The molecule has 0 spiro atoms. The van der Waals surface area contributed by atoms with Gasteiger partial charge in [0.1, 0.15) is 5.75 Å². The predicted octanol–water partition coefficient (Wildman–Crippen LogP) is 3.04. The fourth-order valence-corrected chi connectivity index (χ4v) is 1.62. The molecule has 1 amide bonds. The van der Waals surface area contributed by atoms with Gasteiger partial charge in [-0.3, -0.25) is 4.79 Å². The Morgan fingerprint density at radius 1 is 1.29 bits per heavy atom.